The van der Waals surface area contributed by atoms with Crippen LogP contribution in [0.2, 0.25) is 0 Å². The Bertz CT molecular complexity index is 1820. The van der Waals surface area contributed by atoms with Crippen molar-refractivity contribution < 1.29 is 80.2 Å². The minimum absolute atomic E-state index is 0.104. The van der Waals surface area contributed by atoms with Gasteiger partial charge in [-0.3, -0.25) is 37.3 Å². The first kappa shape index (κ1) is 91.1. The molecule has 0 aliphatic rings. The van der Waals surface area contributed by atoms with Crippen molar-refractivity contribution >= 4 is 39.5 Å². The third kappa shape index (κ3) is 67.0. The van der Waals surface area contributed by atoms with Crippen LogP contribution in [0, 0.1) is 17.8 Å². The molecule has 19 heteroatoms. The van der Waals surface area contributed by atoms with Crippen molar-refractivity contribution in [2.75, 3.05) is 39.6 Å². The lowest BCUT2D eigenvalue weighted by molar-refractivity contribution is -0.161. The molecule has 0 spiro atoms. The highest BCUT2D eigenvalue weighted by atomic mass is 31.2. The molecule has 93 heavy (non-hydrogen) atoms. The van der Waals surface area contributed by atoms with Gasteiger partial charge >= 0.3 is 39.5 Å². The minimum atomic E-state index is -4.96. The molecule has 0 heterocycles. The first-order valence-electron chi connectivity index (χ1n) is 38.4. The summed E-state index contributed by atoms with van der Waals surface area (Å²) >= 11 is 0. The third-order valence-corrected chi connectivity index (χ3v) is 19.4. The van der Waals surface area contributed by atoms with Crippen LogP contribution in [0.4, 0.5) is 0 Å². The summed E-state index contributed by atoms with van der Waals surface area (Å²) in [5.74, 6) is 0.155. The molecule has 0 rings (SSSR count). The normalized spacial score (nSPS) is 14.4. The Morgan fingerprint density at radius 1 is 0.312 bits per heavy atom. The molecular weight excluding hydrogens is 1220 g/mol. The molecule has 0 aliphatic heterocycles. The number of ether oxygens (including phenoxy) is 4. The quantitative estimate of drug-likeness (QED) is 0.0222. The van der Waals surface area contributed by atoms with Gasteiger partial charge in [0.15, 0.2) is 12.2 Å². The molecular formula is C74H144O17P2. The highest BCUT2D eigenvalue weighted by Gasteiger charge is 2.30. The molecule has 0 aliphatic carbocycles. The fraction of sp³-hybridized carbons (Fsp3) is 0.946. The number of rotatable bonds is 72. The second kappa shape index (κ2) is 64.7. The van der Waals surface area contributed by atoms with Crippen molar-refractivity contribution in [1.82, 2.24) is 0 Å². The van der Waals surface area contributed by atoms with E-state index in [1.165, 1.54) is 180 Å². The van der Waals surface area contributed by atoms with Crippen molar-refractivity contribution in [2.45, 2.75) is 394 Å². The van der Waals surface area contributed by atoms with E-state index >= 15 is 0 Å². The van der Waals surface area contributed by atoms with Gasteiger partial charge in [0.25, 0.3) is 0 Å². The standard InChI is InChI=1S/C74H144O17P2/c1-8-10-11-12-13-14-15-19-23-26-34-41-48-55-71(76)84-61-69(90-73(78)57-50-43-35-27-24-21-18-16-17-20-22-25-31-38-45-52-65(3)4)63-88-92(80,81)86-59-68(75)60-87-93(82,83)89-64-70(62-85-72(77)56-49-42-37-30-32-39-46-53-66(5)6)91-74(79)58-51-44-36-29-28-33-40-47-54-67(7)9-2/h65-70,75H,8-64H2,1-7H3,(H,80,81)(H,82,83)/t67?,68-,69-,70-/m1/s1. The molecule has 3 unspecified atom stereocenters. The predicted octanol–water partition coefficient (Wildman–Crippen LogP) is 21.4. The number of hydrogen-bond acceptors (Lipinski definition) is 15. The van der Waals surface area contributed by atoms with E-state index in [0.717, 1.165) is 108 Å². The summed E-state index contributed by atoms with van der Waals surface area (Å²) in [5, 5.41) is 10.6. The Morgan fingerprint density at radius 3 is 0.817 bits per heavy atom. The van der Waals surface area contributed by atoms with Crippen LogP contribution in [0.3, 0.4) is 0 Å². The van der Waals surface area contributed by atoms with Crippen molar-refractivity contribution in [3.8, 4) is 0 Å². The Balaban J connectivity index is 5.24. The van der Waals surface area contributed by atoms with E-state index in [1.54, 1.807) is 0 Å². The van der Waals surface area contributed by atoms with Crippen LogP contribution < -0.4 is 0 Å². The maximum absolute atomic E-state index is 13.1. The second-order valence-electron chi connectivity index (χ2n) is 27.9. The first-order chi connectivity index (χ1) is 44.8. The summed E-state index contributed by atoms with van der Waals surface area (Å²) in [4.78, 5) is 72.7. The summed E-state index contributed by atoms with van der Waals surface area (Å²) in [6.07, 6.45) is 49.9. The number of carbonyl (C=O) groups is 4. The van der Waals surface area contributed by atoms with Crippen molar-refractivity contribution in [1.29, 1.82) is 0 Å². The highest BCUT2D eigenvalue weighted by Crippen LogP contribution is 2.45. The molecule has 0 bridgehead atoms. The van der Waals surface area contributed by atoms with Gasteiger partial charge in [-0.05, 0) is 43.4 Å². The summed E-state index contributed by atoms with van der Waals surface area (Å²) in [6, 6.07) is 0. The van der Waals surface area contributed by atoms with Crippen LogP contribution in [0.15, 0.2) is 0 Å². The lowest BCUT2D eigenvalue weighted by Crippen LogP contribution is -2.30. The maximum Gasteiger partial charge on any atom is 0.472 e. The molecule has 0 amide bonds. The Labute approximate surface area is 568 Å². The second-order valence-corrected chi connectivity index (χ2v) is 30.8. The molecule has 0 saturated carbocycles. The number of aliphatic hydroxyl groups excluding tert-OH is 1. The fourth-order valence-corrected chi connectivity index (χ4v) is 12.8. The molecule has 6 atom stereocenters. The number of phosphoric ester groups is 2. The summed E-state index contributed by atoms with van der Waals surface area (Å²) < 4.78 is 68.4. The van der Waals surface area contributed by atoms with Crippen LogP contribution in [0.1, 0.15) is 376 Å². The first-order valence-corrected chi connectivity index (χ1v) is 41.4. The fourth-order valence-electron chi connectivity index (χ4n) is 11.2. The molecule has 0 aromatic heterocycles. The number of esters is 4. The van der Waals surface area contributed by atoms with Crippen molar-refractivity contribution in [2.24, 2.45) is 17.8 Å². The molecule has 0 aromatic rings. The van der Waals surface area contributed by atoms with E-state index in [0.29, 0.717) is 31.6 Å². The van der Waals surface area contributed by atoms with E-state index in [-0.39, 0.29) is 25.7 Å². The summed E-state index contributed by atoms with van der Waals surface area (Å²) in [7, 11) is -9.91. The van der Waals surface area contributed by atoms with Crippen molar-refractivity contribution in [3.05, 3.63) is 0 Å². The Morgan fingerprint density at radius 2 is 0.548 bits per heavy atom. The number of phosphoric acid groups is 2. The molecule has 0 saturated heterocycles. The van der Waals surface area contributed by atoms with Crippen LogP contribution in [0.25, 0.3) is 0 Å². The van der Waals surface area contributed by atoms with Crippen LogP contribution in [-0.4, -0.2) is 96.7 Å². The number of hydrogen-bond donors (Lipinski definition) is 3. The largest absolute Gasteiger partial charge is 0.472 e. The smallest absolute Gasteiger partial charge is 0.462 e. The van der Waals surface area contributed by atoms with E-state index in [2.05, 4.69) is 48.5 Å². The average Bonchev–Trinajstić information content (AvgIpc) is 2.68. The van der Waals surface area contributed by atoms with Crippen molar-refractivity contribution in [3.63, 3.8) is 0 Å². The van der Waals surface area contributed by atoms with Gasteiger partial charge in [-0.25, -0.2) is 9.13 Å². The Hall–Kier alpha value is -1.94. The maximum atomic E-state index is 13.1. The molecule has 0 fully saturated rings. The van der Waals surface area contributed by atoms with Crippen LogP contribution in [-0.2, 0) is 65.4 Å². The van der Waals surface area contributed by atoms with E-state index in [1.807, 2.05) is 0 Å². The predicted molar refractivity (Wildman–Crippen MR) is 377 cm³/mol. The number of unbranched alkanes of at least 4 members (excludes halogenated alkanes) is 39. The molecule has 552 valence electrons. The zero-order valence-electron chi connectivity index (χ0n) is 60.7. The molecule has 0 aromatic carbocycles. The SMILES string of the molecule is CCCCCCCCCCCCCCCC(=O)OC[C@H](COP(=O)(O)OC[C@@H](O)COP(=O)(O)OC[C@@H](COC(=O)CCCCCCCCCC(C)C)OC(=O)CCCCCCCCCCC(C)CC)OC(=O)CCCCCCCCCCCCCCCCCC(C)C. The molecule has 3 N–H and O–H groups in total. The number of carbonyl (C=O) groups excluding carboxylic acids is 4. The van der Waals surface area contributed by atoms with Gasteiger partial charge in [0.05, 0.1) is 26.4 Å². The van der Waals surface area contributed by atoms with E-state index in [4.69, 9.17) is 37.0 Å². The zero-order chi connectivity index (χ0) is 68.7. The Kier molecular flexibility index (Phi) is 63.4. The molecule has 17 nitrogen and oxygen atoms in total. The van der Waals surface area contributed by atoms with Gasteiger partial charge in [0.1, 0.15) is 19.3 Å². The third-order valence-electron chi connectivity index (χ3n) is 17.5. The van der Waals surface area contributed by atoms with E-state index < -0.39 is 97.5 Å². The summed E-state index contributed by atoms with van der Waals surface area (Å²) in [5.41, 5.74) is 0. The van der Waals surface area contributed by atoms with Gasteiger partial charge < -0.3 is 33.8 Å². The van der Waals surface area contributed by atoms with E-state index in [9.17, 15) is 43.2 Å². The van der Waals surface area contributed by atoms with Gasteiger partial charge in [-0.2, -0.15) is 0 Å². The zero-order valence-corrected chi connectivity index (χ0v) is 62.5. The lowest BCUT2D eigenvalue weighted by Gasteiger charge is -2.21. The number of aliphatic hydroxyl groups is 1. The van der Waals surface area contributed by atoms with Gasteiger partial charge in [-0.15, -0.1) is 0 Å². The summed E-state index contributed by atoms with van der Waals surface area (Å²) in [6.45, 7) is 11.9. The monoisotopic (exact) mass is 1370 g/mol. The van der Waals surface area contributed by atoms with Crippen LogP contribution in [0.5, 0.6) is 0 Å². The van der Waals surface area contributed by atoms with Gasteiger partial charge in [0.2, 0.25) is 0 Å². The topological polar surface area (TPSA) is 237 Å². The molecule has 0 radical (unpaired) electrons. The average molecular weight is 1370 g/mol. The highest BCUT2D eigenvalue weighted by molar-refractivity contribution is 7.47. The minimum Gasteiger partial charge on any atom is -0.462 e. The van der Waals surface area contributed by atoms with Gasteiger partial charge in [-0.1, -0.05) is 325 Å². The van der Waals surface area contributed by atoms with Gasteiger partial charge in [0, 0.05) is 25.7 Å². The van der Waals surface area contributed by atoms with Crippen LogP contribution >= 0.6 is 15.6 Å². The lowest BCUT2D eigenvalue weighted by atomic mass is 9.99.